The van der Waals surface area contributed by atoms with Crippen LogP contribution >= 0.6 is 0 Å². The van der Waals surface area contributed by atoms with Crippen LogP contribution in [0.5, 0.6) is 0 Å². The van der Waals surface area contributed by atoms with Gasteiger partial charge in [-0.3, -0.25) is 9.78 Å². The Hall–Kier alpha value is -2.40. The second kappa shape index (κ2) is 6.58. The molecule has 0 unspecified atom stereocenters. The van der Waals surface area contributed by atoms with Crippen molar-refractivity contribution in [3.8, 4) is 0 Å². The molecule has 0 bridgehead atoms. The van der Waals surface area contributed by atoms with Crippen LogP contribution in [0.2, 0.25) is 0 Å². The van der Waals surface area contributed by atoms with Crippen molar-refractivity contribution < 1.29 is 9.53 Å². The van der Waals surface area contributed by atoms with Crippen molar-refractivity contribution >= 4 is 17.3 Å². The summed E-state index contributed by atoms with van der Waals surface area (Å²) in [6, 6.07) is 13.1. The van der Waals surface area contributed by atoms with E-state index in [1.165, 1.54) is 0 Å². The lowest BCUT2D eigenvalue weighted by atomic mass is 10.2. The number of hydrogen-bond donors (Lipinski definition) is 1. The highest BCUT2D eigenvalue weighted by Gasteiger charge is 2.22. The van der Waals surface area contributed by atoms with E-state index in [-0.39, 0.29) is 5.91 Å². The molecule has 1 atom stereocenters. The molecule has 0 saturated carbocycles. The molecule has 5 heteroatoms. The predicted molar refractivity (Wildman–Crippen MR) is 86.3 cm³/mol. The highest BCUT2D eigenvalue weighted by atomic mass is 16.5. The number of nitrogens with one attached hydrogen (secondary N) is 1. The van der Waals surface area contributed by atoms with Gasteiger partial charge in [0.2, 0.25) is 0 Å². The molecule has 2 aromatic rings. The van der Waals surface area contributed by atoms with Gasteiger partial charge in [-0.15, -0.1) is 0 Å². The quantitative estimate of drug-likeness (QED) is 0.942. The Kier molecular flexibility index (Phi) is 4.34. The largest absolute Gasteiger partial charge is 0.380 e. The van der Waals surface area contributed by atoms with Crippen molar-refractivity contribution in [2.24, 2.45) is 0 Å². The second-order valence-electron chi connectivity index (χ2n) is 5.31. The number of ether oxygens (including phenoxy) is 1. The predicted octanol–water partition coefficient (Wildman–Crippen LogP) is 2.56. The molecular formula is C17H19N3O2. The number of nitrogens with zero attached hydrogens (tertiary/aromatic N) is 2. The van der Waals surface area contributed by atoms with Crippen LogP contribution in [-0.2, 0) is 4.74 Å². The van der Waals surface area contributed by atoms with Gasteiger partial charge in [0.25, 0.3) is 5.91 Å². The highest BCUT2D eigenvalue weighted by Crippen LogP contribution is 2.23. The lowest BCUT2D eigenvalue weighted by Crippen LogP contribution is -2.22. The molecule has 2 heterocycles. The molecule has 1 aromatic carbocycles. The van der Waals surface area contributed by atoms with Crippen LogP contribution in [-0.4, -0.2) is 37.2 Å². The van der Waals surface area contributed by atoms with Gasteiger partial charge in [0.15, 0.2) is 0 Å². The van der Waals surface area contributed by atoms with Gasteiger partial charge in [0.05, 0.1) is 6.10 Å². The highest BCUT2D eigenvalue weighted by molar-refractivity contribution is 6.02. The first-order chi connectivity index (χ1) is 10.8. The number of hydrogen-bond acceptors (Lipinski definition) is 4. The average Bonchev–Trinajstić information content (AvgIpc) is 3.05. The third-order valence-corrected chi connectivity index (χ3v) is 3.87. The van der Waals surface area contributed by atoms with Gasteiger partial charge in [-0.1, -0.05) is 6.07 Å². The molecule has 1 amide bonds. The van der Waals surface area contributed by atoms with Crippen LogP contribution in [0.15, 0.2) is 48.7 Å². The summed E-state index contributed by atoms with van der Waals surface area (Å²) in [6.07, 6.45) is 2.97. The molecule has 1 fully saturated rings. The normalized spacial score (nSPS) is 17.5. The van der Waals surface area contributed by atoms with Crippen molar-refractivity contribution in [1.82, 2.24) is 4.98 Å². The molecule has 5 nitrogen and oxygen atoms in total. The zero-order valence-electron chi connectivity index (χ0n) is 12.5. The van der Waals surface area contributed by atoms with Crippen LogP contribution in [0.4, 0.5) is 11.4 Å². The molecule has 1 aliphatic heterocycles. The number of aromatic nitrogens is 1. The van der Waals surface area contributed by atoms with Gasteiger partial charge in [0.1, 0.15) is 5.69 Å². The fourth-order valence-electron chi connectivity index (χ4n) is 2.60. The summed E-state index contributed by atoms with van der Waals surface area (Å²) in [5.41, 5.74) is 2.33. The molecule has 22 heavy (non-hydrogen) atoms. The smallest absolute Gasteiger partial charge is 0.274 e. The standard InChI is InChI=1S/C17H19N3O2/c1-22-15-9-11-20(12-15)14-7-5-13(6-8-14)19-17(21)16-4-2-3-10-18-16/h2-8,10,15H,9,11-12H2,1H3,(H,19,21)/t15-/m0/s1. The van der Waals surface area contributed by atoms with Crippen LogP contribution in [0.1, 0.15) is 16.9 Å². The van der Waals surface area contributed by atoms with E-state index in [9.17, 15) is 4.79 Å². The van der Waals surface area contributed by atoms with Crippen molar-refractivity contribution in [1.29, 1.82) is 0 Å². The van der Waals surface area contributed by atoms with Crippen molar-refractivity contribution in [3.63, 3.8) is 0 Å². The zero-order valence-corrected chi connectivity index (χ0v) is 12.5. The van der Waals surface area contributed by atoms with Crippen LogP contribution < -0.4 is 10.2 Å². The lowest BCUT2D eigenvalue weighted by Gasteiger charge is -2.18. The number of pyridine rings is 1. The summed E-state index contributed by atoms with van der Waals surface area (Å²) < 4.78 is 5.38. The Morgan fingerprint density at radius 2 is 2.09 bits per heavy atom. The van der Waals surface area contributed by atoms with Gasteiger partial charge >= 0.3 is 0 Å². The van der Waals surface area contributed by atoms with Gasteiger partial charge in [-0.2, -0.15) is 0 Å². The Balaban J connectivity index is 1.64. The molecule has 114 valence electrons. The Morgan fingerprint density at radius 3 is 2.73 bits per heavy atom. The van der Waals surface area contributed by atoms with E-state index in [1.807, 2.05) is 24.3 Å². The maximum atomic E-state index is 12.0. The fraction of sp³-hybridized carbons (Fsp3) is 0.294. The summed E-state index contributed by atoms with van der Waals surface area (Å²) in [7, 11) is 1.75. The zero-order chi connectivity index (χ0) is 15.4. The number of carbonyl (C=O) groups excluding carboxylic acids is 1. The number of amides is 1. The van der Waals surface area contributed by atoms with E-state index in [1.54, 1.807) is 31.5 Å². The molecule has 1 aromatic heterocycles. The third-order valence-electron chi connectivity index (χ3n) is 3.87. The minimum Gasteiger partial charge on any atom is -0.380 e. The average molecular weight is 297 g/mol. The molecule has 1 saturated heterocycles. The minimum absolute atomic E-state index is 0.200. The summed E-state index contributed by atoms with van der Waals surface area (Å²) in [4.78, 5) is 18.4. The molecule has 0 radical (unpaired) electrons. The summed E-state index contributed by atoms with van der Waals surface area (Å²) in [6.45, 7) is 1.91. The van der Waals surface area contributed by atoms with Crippen molar-refractivity contribution in [2.45, 2.75) is 12.5 Å². The number of benzene rings is 1. The summed E-state index contributed by atoms with van der Waals surface area (Å²) in [5.74, 6) is -0.200. The monoisotopic (exact) mass is 297 g/mol. The van der Waals surface area contributed by atoms with E-state index >= 15 is 0 Å². The van der Waals surface area contributed by atoms with Gasteiger partial charge in [0, 0.05) is 37.8 Å². The first kappa shape index (κ1) is 14.5. The number of anilines is 2. The Bertz CT molecular complexity index is 628. The van der Waals surface area contributed by atoms with Crippen LogP contribution in [0.25, 0.3) is 0 Å². The first-order valence-corrected chi connectivity index (χ1v) is 7.36. The molecule has 3 rings (SSSR count). The minimum atomic E-state index is -0.200. The fourth-order valence-corrected chi connectivity index (χ4v) is 2.60. The van der Waals surface area contributed by atoms with E-state index in [0.29, 0.717) is 11.8 Å². The molecule has 0 aliphatic carbocycles. The number of carbonyl (C=O) groups is 1. The van der Waals surface area contributed by atoms with E-state index in [4.69, 9.17) is 4.74 Å². The van der Waals surface area contributed by atoms with Crippen LogP contribution in [0.3, 0.4) is 0 Å². The Labute approximate surface area is 129 Å². The van der Waals surface area contributed by atoms with E-state index in [0.717, 1.165) is 30.9 Å². The molecule has 0 spiro atoms. The first-order valence-electron chi connectivity index (χ1n) is 7.36. The van der Waals surface area contributed by atoms with E-state index in [2.05, 4.69) is 15.2 Å². The maximum Gasteiger partial charge on any atom is 0.274 e. The number of rotatable bonds is 4. The van der Waals surface area contributed by atoms with Gasteiger partial charge in [-0.25, -0.2) is 0 Å². The third kappa shape index (κ3) is 3.26. The van der Waals surface area contributed by atoms with Gasteiger partial charge < -0.3 is 15.0 Å². The summed E-state index contributed by atoms with van der Waals surface area (Å²) in [5, 5.41) is 2.85. The summed E-state index contributed by atoms with van der Waals surface area (Å²) >= 11 is 0. The lowest BCUT2D eigenvalue weighted by molar-refractivity contribution is 0.102. The second-order valence-corrected chi connectivity index (χ2v) is 5.31. The maximum absolute atomic E-state index is 12.0. The SMILES string of the molecule is CO[C@H]1CCN(c2ccc(NC(=O)c3ccccn3)cc2)C1. The van der Waals surface area contributed by atoms with Gasteiger partial charge in [-0.05, 0) is 42.8 Å². The van der Waals surface area contributed by atoms with Crippen molar-refractivity contribution in [2.75, 3.05) is 30.4 Å². The Morgan fingerprint density at radius 1 is 1.27 bits per heavy atom. The molecular weight excluding hydrogens is 278 g/mol. The van der Waals surface area contributed by atoms with E-state index < -0.39 is 0 Å². The molecule has 1 aliphatic rings. The topological polar surface area (TPSA) is 54.5 Å². The van der Waals surface area contributed by atoms with Crippen molar-refractivity contribution in [3.05, 3.63) is 54.4 Å². The van der Waals surface area contributed by atoms with Crippen LogP contribution in [0, 0.1) is 0 Å². The number of methoxy groups -OCH3 is 1. The molecule has 1 N–H and O–H groups in total.